The summed E-state index contributed by atoms with van der Waals surface area (Å²) < 4.78 is 5.43. The van der Waals surface area contributed by atoms with E-state index < -0.39 is 0 Å². The van der Waals surface area contributed by atoms with Crippen LogP contribution in [0.15, 0.2) is 54.9 Å². The number of phenols is 1. The number of aromatic nitrogens is 1. The van der Waals surface area contributed by atoms with E-state index in [1.54, 1.807) is 13.2 Å². The van der Waals surface area contributed by atoms with E-state index in [1.165, 1.54) is 0 Å². The van der Waals surface area contributed by atoms with Crippen LogP contribution in [0, 0.1) is 0 Å². The van der Waals surface area contributed by atoms with Crippen LogP contribution in [0.25, 0.3) is 11.3 Å². The van der Waals surface area contributed by atoms with Crippen LogP contribution in [-0.4, -0.2) is 17.2 Å². The van der Waals surface area contributed by atoms with Gasteiger partial charge in [-0.2, -0.15) is 0 Å². The molecule has 2 aromatic rings. The average molecular weight is 324 g/mol. The summed E-state index contributed by atoms with van der Waals surface area (Å²) in [6, 6.07) is 9.34. The standard InChI is InChI=1S/C20H24N2O2/c1-7-15-11-16(19(24-6)12-18(15)23)17-9-8-10-20(21-17)22(13(2)3)14(4)5/h8-12,23H,2,4,7H2,1,3,5-6H3. The Kier molecular flexibility index (Phi) is 5.29. The van der Waals surface area contributed by atoms with Gasteiger partial charge in [-0.25, -0.2) is 4.98 Å². The van der Waals surface area contributed by atoms with Gasteiger partial charge in [-0.3, -0.25) is 0 Å². The zero-order valence-electron chi connectivity index (χ0n) is 14.8. The van der Waals surface area contributed by atoms with E-state index in [1.807, 2.05) is 49.9 Å². The number of aryl methyl sites for hydroxylation is 1. The Morgan fingerprint density at radius 1 is 1.21 bits per heavy atom. The van der Waals surface area contributed by atoms with Gasteiger partial charge in [-0.1, -0.05) is 26.1 Å². The van der Waals surface area contributed by atoms with Crippen molar-refractivity contribution in [2.24, 2.45) is 0 Å². The van der Waals surface area contributed by atoms with Crippen molar-refractivity contribution in [2.45, 2.75) is 27.2 Å². The van der Waals surface area contributed by atoms with Gasteiger partial charge < -0.3 is 14.7 Å². The summed E-state index contributed by atoms with van der Waals surface area (Å²) in [5, 5.41) is 10.1. The van der Waals surface area contributed by atoms with Crippen LogP contribution >= 0.6 is 0 Å². The minimum absolute atomic E-state index is 0.236. The quantitative estimate of drug-likeness (QED) is 0.821. The van der Waals surface area contributed by atoms with Gasteiger partial charge in [-0.15, -0.1) is 0 Å². The van der Waals surface area contributed by atoms with E-state index in [9.17, 15) is 5.11 Å². The lowest BCUT2D eigenvalue weighted by atomic mass is 10.0. The number of ether oxygens (including phenoxy) is 1. The lowest BCUT2D eigenvalue weighted by molar-refractivity contribution is 0.408. The topological polar surface area (TPSA) is 45.6 Å². The number of nitrogens with zero attached hydrogens (tertiary/aromatic N) is 2. The van der Waals surface area contributed by atoms with Gasteiger partial charge in [0.2, 0.25) is 0 Å². The third kappa shape index (κ3) is 3.43. The highest BCUT2D eigenvalue weighted by Crippen LogP contribution is 2.36. The summed E-state index contributed by atoms with van der Waals surface area (Å²) in [5.41, 5.74) is 4.16. The largest absolute Gasteiger partial charge is 0.508 e. The molecule has 1 aromatic carbocycles. The van der Waals surface area contributed by atoms with E-state index in [4.69, 9.17) is 9.72 Å². The monoisotopic (exact) mass is 324 g/mol. The minimum atomic E-state index is 0.236. The molecule has 1 aromatic heterocycles. The van der Waals surface area contributed by atoms with Gasteiger partial charge in [-0.05, 0) is 44.0 Å². The number of allylic oxidation sites excluding steroid dienone is 2. The fourth-order valence-corrected chi connectivity index (χ4v) is 2.68. The van der Waals surface area contributed by atoms with Crippen molar-refractivity contribution in [3.8, 4) is 22.8 Å². The molecule has 2 rings (SSSR count). The van der Waals surface area contributed by atoms with Gasteiger partial charge in [0.05, 0.1) is 12.8 Å². The number of phenolic OH excluding ortho intramolecular Hbond substituents is 1. The Hall–Kier alpha value is -2.75. The third-order valence-electron chi connectivity index (χ3n) is 3.78. The average Bonchev–Trinajstić information content (AvgIpc) is 2.54. The lowest BCUT2D eigenvalue weighted by Crippen LogP contribution is -2.18. The van der Waals surface area contributed by atoms with Gasteiger partial charge in [0.25, 0.3) is 0 Å². The Morgan fingerprint density at radius 2 is 1.88 bits per heavy atom. The Morgan fingerprint density at radius 3 is 2.42 bits per heavy atom. The van der Waals surface area contributed by atoms with Gasteiger partial charge in [0, 0.05) is 23.0 Å². The number of pyridine rings is 1. The van der Waals surface area contributed by atoms with Crippen LogP contribution < -0.4 is 9.64 Å². The Labute approximate surface area is 143 Å². The molecular weight excluding hydrogens is 300 g/mol. The Balaban J connectivity index is 2.60. The first-order valence-corrected chi connectivity index (χ1v) is 7.87. The molecule has 0 unspecified atom stereocenters. The maximum atomic E-state index is 10.1. The molecule has 0 aliphatic rings. The van der Waals surface area contributed by atoms with Crippen molar-refractivity contribution < 1.29 is 9.84 Å². The van der Waals surface area contributed by atoms with Gasteiger partial charge in [0.1, 0.15) is 17.3 Å². The van der Waals surface area contributed by atoms with Gasteiger partial charge in [0.15, 0.2) is 0 Å². The summed E-state index contributed by atoms with van der Waals surface area (Å²) in [6.07, 6.45) is 0.728. The third-order valence-corrected chi connectivity index (χ3v) is 3.78. The number of methoxy groups -OCH3 is 1. The molecule has 1 N–H and O–H groups in total. The second-order valence-corrected chi connectivity index (χ2v) is 5.72. The SMILES string of the molecule is C=C(C)N(C(=C)C)c1cccc(-c2cc(CC)c(O)cc2OC)n1. The summed E-state index contributed by atoms with van der Waals surface area (Å²) in [4.78, 5) is 6.64. The first-order chi connectivity index (χ1) is 11.4. The molecule has 0 aliphatic heterocycles. The van der Waals surface area contributed by atoms with Crippen LogP contribution in [0.4, 0.5) is 5.82 Å². The van der Waals surface area contributed by atoms with Crippen molar-refractivity contribution in [1.82, 2.24) is 4.98 Å². The molecule has 4 nitrogen and oxygen atoms in total. The second kappa shape index (κ2) is 7.21. The molecule has 0 amide bonds. The van der Waals surface area contributed by atoms with Gasteiger partial charge >= 0.3 is 0 Å². The van der Waals surface area contributed by atoms with Crippen LogP contribution in [0.3, 0.4) is 0 Å². The summed E-state index contributed by atoms with van der Waals surface area (Å²) >= 11 is 0. The number of anilines is 1. The highest BCUT2D eigenvalue weighted by Gasteiger charge is 2.15. The molecule has 4 heteroatoms. The van der Waals surface area contributed by atoms with Crippen molar-refractivity contribution >= 4 is 5.82 Å². The molecule has 0 fully saturated rings. The predicted octanol–water partition coefficient (Wildman–Crippen LogP) is 4.90. The maximum absolute atomic E-state index is 10.1. The van der Waals surface area contributed by atoms with Crippen molar-refractivity contribution in [3.05, 3.63) is 60.4 Å². The molecule has 1 heterocycles. The van der Waals surface area contributed by atoms with Crippen LogP contribution in [0.5, 0.6) is 11.5 Å². The molecule has 0 saturated heterocycles. The zero-order chi connectivity index (χ0) is 17.9. The smallest absolute Gasteiger partial charge is 0.137 e. The first kappa shape index (κ1) is 17.6. The number of hydrogen-bond acceptors (Lipinski definition) is 4. The molecule has 0 spiro atoms. The maximum Gasteiger partial charge on any atom is 0.137 e. The number of rotatable bonds is 6. The highest BCUT2D eigenvalue weighted by molar-refractivity contribution is 5.72. The summed E-state index contributed by atoms with van der Waals surface area (Å²) in [7, 11) is 1.59. The molecule has 0 saturated carbocycles. The van der Waals surface area contributed by atoms with E-state index in [-0.39, 0.29) is 5.75 Å². The van der Waals surface area contributed by atoms with Crippen LogP contribution in [0.1, 0.15) is 26.3 Å². The summed E-state index contributed by atoms with van der Waals surface area (Å²) in [5.74, 6) is 1.58. The second-order valence-electron chi connectivity index (χ2n) is 5.72. The normalized spacial score (nSPS) is 10.3. The number of aromatic hydroxyl groups is 1. The van der Waals surface area contributed by atoms with E-state index in [0.29, 0.717) is 5.75 Å². The molecule has 0 bridgehead atoms. The van der Waals surface area contributed by atoms with Crippen LogP contribution in [0.2, 0.25) is 0 Å². The Bertz CT molecular complexity index is 767. The molecule has 126 valence electrons. The van der Waals surface area contributed by atoms with Crippen molar-refractivity contribution in [1.29, 1.82) is 0 Å². The van der Waals surface area contributed by atoms with E-state index >= 15 is 0 Å². The first-order valence-electron chi connectivity index (χ1n) is 7.87. The lowest BCUT2D eigenvalue weighted by Gasteiger charge is -2.24. The van der Waals surface area contributed by atoms with E-state index in [2.05, 4.69) is 13.2 Å². The molecule has 0 atom stereocenters. The molecule has 0 radical (unpaired) electrons. The van der Waals surface area contributed by atoms with E-state index in [0.717, 1.165) is 40.5 Å². The minimum Gasteiger partial charge on any atom is -0.508 e. The summed E-state index contributed by atoms with van der Waals surface area (Å²) in [6.45, 7) is 13.8. The zero-order valence-corrected chi connectivity index (χ0v) is 14.8. The fourth-order valence-electron chi connectivity index (χ4n) is 2.68. The highest BCUT2D eigenvalue weighted by atomic mass is 16.5. The molecular formula is C20H24N2O2. The molecule has 24 heavy (non-hydrogen) atoms. The molecule has 0 aliphatic carbocycles. The van der Waals surface area contributed by atoms with Crippen molar-refractivity contribution in [2.75, 3.05) is 12.0 Å². The number of benzene rings is 1. The van der Waals surface area contributed by atoms with Crippen molar-refractivity contribution in [3.63, 3.8) is 0 Å². The predicted molar refractivity (Wildman–Crippen MR) is 99.4 cm³/mol. The number of hydrogen-bond donors (Lipinski definition) is 1. The fraction of sp³-hybridized carbons (Fsp3) is 0.250. The van der Waals surface area contributed by atoms with Crippen LogP contribution in [-0.2, 0) is 6.42 Å².